The molecule has 0 aliphatic rings. The standard InChI is InChI=1S/C13H16F3NO3/c1-2-19-12(18)10(8-17)7-9-5-3-4-6-11(9)20-13(14,15)16/h3-6,10H,2,7-8,17H2,1H3. The van der Waals surface area contributed by atoms with Crippen LogP contribution in [0.5, 0.6) is 5.75 Å². The molecule has 0 bridgehead atoms. The summed E-state index contributed by atoms with van der Waals surface area (Å²) in [5.74, 6) is -1.56. The van der Waals surface area contributed by atoms with E-state index in [9.17, 15) is 18.0 Å². The molecule has 7 heteroatoms. The predicted octanol–water partition coefficient (Wildman–Crippen LogP) is 2.27. The van der Waals surface area contributed by atoms with Gasteiger partial charge in [-0.1, -0.05) is 18.2 Å². The number of carbonyl (C=O) groups is 1. The lowest BCUT2D eigenvalue weighted by Crippen LogP contribution is -2.28. The summed E-state index contributed by atoms with van der Waals surface area (Å²) in [7, 11) is 0. The lowest BCUT2D eigenvalue weighted by molar-refractivity contribution is -0.274. The molecule has 1 aromatic carbocycles. The maximum absolute atomic E-state index is 12.3. The van der Waals surface area contributed by atoms with E-state index in [1.165, 1.54) is 18.2 Å². The van der Waals surface area contributed by atoms with Crippen molar-refractivity contribution in [3.8, 4) is 5.75 Å². The second kappa shape index (κ2) is 7.14. The average Bonchev–Trinajstić information content (AvgIpc) is 2.36. The van der Waals surface area contributed by atoms with Crippen molar-refractivity contribution in [1.29, 1.82) is 0 Å². The summed E-state index contributed by atoms with van der Waals surface area (Å²) in [4.78, 5) is 11.6. The Balaban J connectivity index is 2.87. The minimum Gasteiger partial charge on any atom is -0.466 e. The number of carbonyl (C=O) groups excluding carboxylic acids is 1. The summed E-state index contributed by atoms with van der Waals surface area (Å²) in [5.41, 5.74) is 5.72. The molecular weight excluding hydrogens is 275 g/mol. The number of halogens is 3. The van der Waals surface area contributed by atoms with Gasteiger partial charge in [0.05, 0.1) is 12.5 Å². The zero-order valence-electron chi connectivity index (χ0n) is 10.9. The lowest BCUT2D eigenvalue weighted by Gasteiger charge is -2.17. The van der Waals surface area contributed by atoms with E-state index in [1.807, 2.05) is 0 Å². The average molecular weight is 291 g/mol. The highest BCUT2D eigenvalue weighted by Crippen LogP contribution is 2.28. The first-order chi connectivity index (χ1) is 9.37. The molecule has 0 amide bonds. The van der Waals surface area contributed by atoms with Crippen molar-refractivity contribution in [3.05, 3.63) is 29.8 Å². The predicted molar refractivity (Wildman–Crippen MR) is 66.0 cm³/mol. The van der Waals surface area contributed by atoms with Gasteiger partial charge in [-0.2, -0.15) is 0 Å². The summed E-state index contributed by atoms with van der Waals surface area (Å²) in [5, 5.41) is 0. The van der Waals surface area contributed by atoms with Crippen LogP contribution in [0.1, 0.15) is 12.5 Å². The van der Waals surface area contributed by atoms with Crippen LogP contribution in [-0.2, 0) is 16.0 Å². The van der Waals surface area contributed by atoms with Gasteiger partial charge in [0.1, 0.15) is 5.75 Å². The van der Waals surface area contributed by atoms with Gasteiger partial charge in [-0.05, 0) is 25.0 Å². The lowest BCUT2D eigenvalue weighted by atomic mass is 9.99. The molecule has 0 saturated carbocycles. The van der Waals surface area contributed by atoms with Gasteiger partial charge < -0.3 is 15.2 Å². The van der Waals surface area contributed by atoms with E-state index in [0.29, 0.717) is 0 Å². The molecule has 0 aromatic heterocycles. The number of hydrogen-bond donors (Lipinski definition) is 1. The highest BCUT2D eigenvalue weighted by Gasteiger charge is 2.32. The fraction of sp³-hybridized carbons (Fsp3) is 0.462. The highest BCUT2D eigenvalue weighted by molar-refractivity contribution is 5.73. The zero-order valence-corrected chi connectivity index (χ0v) is 10.9. The van der Waals surface area contributed by atoms with Crippen molar-refractivity contribution in [2.45, 2.75) is 19.7 Å². The molecule has 0 radical (unpaired) electrons. The van der Waals surface area contributed by atoms with E-state index in [-0.39, 0.29) is 30.9 Å². The molecule has 20 heavy (non-hydrogen) atoms. The molecule has 1 atom stereocenters. The molecule has 0 saturated heterocycles. The molecule has 1 rings (SSSR count). The summed E-state index contributed by atoms with van der Waals surface area (Å²) >= 11 is 0. The fourth-order valence-electron chi connectivity index (χ4n) is 1.69. The molecule has 1 unspecified atom stereocenters. The maximum Gasteiger partial charge on any atom is 0.573 e. The molecule has 1 aromatic rings. The second-order valence-electron chi connectivity index (χ2n) is 4.04. The summed E-state index contributed by atoms with van der Waals surface area (Å²) < 4.78 is 45.6. The summed E-state index contributed by atoms with van der Waals surface area (Å²) in [6, 6.07) is 5.65. The van der Waals surface area contributed by atoms with Crippen LogP contribution in [0.15, 0.2) is 24.3 Å². The first-order valence-corrected chi connectivity index (χ1v) is 6.07. The Morgan fingerprint density at radius 3 is 2.55 bits per heavy atom. The number of nitrogens with two attached hydrogens (primary N) is 1. The normalized spacial score (nSPS) is 12.8. The number of para-hydroxylation sites is 1. The molecule has 0 aliphatic carbocycles. The first-order valence-electron chi connectivity index (χ1n) is 6.07. The van der Waals surface area contributed by atoms with Crippen LogP contribution in [0, 0.1) is 5.92 Å². The van der Waals surface area contributed by atoms with E-state index >= 15 is 0 Å². The minimum absolute atomic E-state index is 0.0147. The van der Waals surface area contributed by atoms with E-state index in [4.69, 9.17) is 10.5 Å². The number of alkyl halides is 3. The SMILES string of the molecule is CCOC(=O)C(CN)Cc1ccccc1OC(F)(F)F. The van der Waals surface area contributed by atoms with Crippen LogP contribution >= 0.6 is 0 Å². The van der Waals surface area contributed by atoms with Crippen LogP contribution in [0.3, 0.4) is 0 Å². The number of benzene rings is 1. The van der Waals surface area contributed by atoms with Crippen LogP contribution in [0.25, 0.3) is 0 Å². The van der Waals surface area contributed by atoms with Crippen molar-refractivity contribution >= 4 is 5.97 Å². The molecule has 2 N–H and O–H groups in total. The van der Waals surface area contributed by atoms with E-state index in [1.54, 1.807) is 13.0 Å². The second-order valence-corrected chi connectivity index (χ2v) is 4.04. The Labute approximate surface area is 114 Å². The Kier molecular flexibility index (Phi) is 5.82. The van der Waals surface area contributed by atoms with Crippen molar-refractivity contribution in [2.75, 3.05) is 13.2 Å². The molecule has 0 spiro atoms. The molecule has 0 aliphatic heterocycles. The summed E-state index contributed by atoms with van der Waals surface area (Å²) in [6.45, 7) is 1.82. The molecule has 0 fully saturated rings. The zero-order chi connectivity index (χ0) is 15.2. The van der Waals surface area contributed by atoms with Gasteiger partial charge in [0.2, 0.25) is 0 Å². The monoisotopic (exact) mass is 291 g/mol. The van der Waals surface area contributed by atoms with Gasteiger partial charge in [0.15, 0.2) is 0 Å². The Bertz CT molecular complexity index is 449. The van der Waals surface area contributed by atoms with E-state index < -0.39 is 18.2 Å². The van der Waals surface area contributed by atoms with Crippen molar-refractivity contribution < 1.29 is 27.4 Å². The highest BCUT2D eigenvalue weighted by atomic mass is 19.4. The quantitative estimate of drug-likeness (QED) is 0.817. The maximum atomic E-state index is 12.3. The summed E-state index contributed by atoms with van der Waals surface area (Å²) in [6.07, 6.45) is -4.75. The van der Waals surface area contributed by atoms with Crippen molar-refractivity contribution in [2.24, 2.45) is 11.7 Å². The van der Waals surface area contributed by atoms with E-state index in [0.717, 1.165) is 0 Å². The largest absolute Gasteiger partial charge is 0.573 e. The number of ether oxygens (including phenoxy) is 2. The molecule has 4 nitrogen and oxygen atoms in total. The van der Waals surface area contributed by atoms with Crippen molar-refractivity contribution in [3.63, 3.8) is 0 Å². The molecule has 0 heterocycles. The fourth-order valence-corrected chi connectivity index (χ4v) is 1.69. The molecular formula is C13H16F3NO3. The van der Waals surface area contributed by atoms with Gasteiger partial charge in [0.25, 0.3) is 0 Å². The van der Waals surface area contributed by atoms with Crippen molar-refractivity contribution in [1.82, 2.24) is 0 Å². The number of esters is 1. The smallest absolute Gasteiger partial charge is 0.466 e. The van der Waals surface area contributed by atoms with Gasteiger partial charge in [-0.3, -0.25) is 4.79 Å². The minimum atomic E-state index is -4.78. The third-order valence-corrected chi connectivity index (χ3v) is 2.57. The Morgan fingerprint density at radius 1 is 1.35 bits per heavy atom. The van der Waals surface area contributed by atoms with Crippen LogP contribution in [0.2, 0.25) is 0 Å². The van der Waals surface area contributed by atoms with Gasteiger partial charge >= 0.3 is 12.3 Å². The van der Waals surface area contributed by atoms with E-state index in [2.05, 4.69) is 4.74 Å². The van der Waals surface area contributed by atoms with Crippen LogP contribution < -0.4 is 10.5 Å². The Hall–Kier alpha value is -1.76. The molecule has 112 valence electrons. The number of rotatable bonds is 6. The third-order valence-electron chi connectivity index (χ3n) is 2.57. The van der Waals surface area contributed by atoms with Gasteiger partial charge in [-0.15, -0.1) is 13.2 Å². The third kappa shape index (κ3) is 5.08. The number of hydrogen-bond acceptors (Lipinski definition) is 4. The Morgan fingerprint density at radius 2 is 2.00 bits per heavy atom. The van der Waals surface area contributed by atoms with Gasteiger partial charge in [0, 0.05) is 6.54 Å². The van der Waals surface area contributed by atoms with Crippen LogP contribution in [0.4, 0.5) is 13.2 Å². The first kappa shape index (κ1) is 16.3. The van der Waals surface area contributed by atoms with Gasteiger partial charge in [-0.25, -0.2) is 0 Å². The topological polar surface area (TPSA) is 61.5 Å². The van der Waals surface area contributed by atoms with Crippen LogP contribution in [-0.4, -0.2) is 25.5 Å².